The molecular weight excluding hydrogens is 245 g/mol. The molecule has 1 heterocycles. The molecule has 0 aliphatic heterocycles. The molecule has 18 heavy (non-hydrogen) atoms. The Kier molecular flexibility index (Phi) is 3.06. The number of benzene rings is 1. The van der Waals surface area contributed by atoms with Crippen molar-refractivity contribution >= 4 is 0 Å². The molecule has 0 fully saturated rings. The Morgan fingerprint density at radius 1 is 1.28 bits per heavy atom. The van der Waals surface area contributed by atoms with E-state index in [1.165, 1.54) is 12.1 Å². The second-order valence-electron chi connectivity index (χ2n) is 4.07. The largest absolute Gasteiger partial charge is 0.453 e. The standard InChI is InChI=1S/C11H10F3N4/c1-7(2)8-3-5-9(6-4-8)18-10(11(12,13)14)15-16-17-18/h3,5-7H,1-2H3. The molecule has 0 atom stereocenters. The lowest BCUT2D eigenvalue weighted by molar-refractivity contribution is -0.146. The molecule has 1 radical (unpaired) electrons. The van der Waals surface area contributed by atoms with E-state index in [1.54, 1.807) is 6.07 Å². The maximum Gasteiger partial charge on any atom is 0.453 e. The summed E-state index contributed by atoms with van der Waals surface area (Å²) in [5, 5.41) is 9.38. The Balaban J connectivity index is 2.41. The molecule has 7 heteroatoms. The summed E-state index contributed by atoms with van der Waals surface area (Å²) in [6.45, 7) is 3.95. The van der Waals surface area contributed by atoms with E-state index < -0.39 is 12.0 Å². The van der Waals surface area contributed by atoms with Crippen molar-refractivity contribution in [2.75, 3.05) is 0 Å². The van der Waals surface area contributed by atoms with E-state index in [4.69, 9.17) is 0 Å². The highest BCUT2D eigenvalue weighted by Crippen LogP contribution is 2.28. The highest BCUT2D eigenvalue weighted by Gasteiger charge is 2.38. The Hall–Kier alpha value is -1.92. The summed E-state index contributed by atoms with van der Waals surface area (Å²) < 4.78 is 38.5. The highest BCUT2D eigenvalue weighted by molar-refractivity contribution is 5.34. The molecule has 2 aromatic rings. The predicted octanol–water partition coefficient (Wildman–Crippen LogP) is 2.60. The van der Waals surface area contributed by atoms with Gasteiger partial charge in [-0.15, -0.1) is 5.10 Å². The number of tetrazole rings is 1. The lowest BCUT2D eigenvalue weighted by atomic mass is 10.0. The SMILES string of the molecule is CC(C)c1[c]cc(-n2nnnc2C(F)(F)F)cc1. The van der Waals surface area contributed by atoms with E-state index in [-0.39, 0.29) is 11.6 Å². The number of rotatable bonds is 2. The second kappa shape index (κ2) is 4.40. The molecule has 1 aromatic carbocycles. The van der Waals surface area contributed by atoms with E-state index in [1.807, 2.05) is 13.8 Å². The van der Waals surface area contributed by atoms with Crippen molar-refractivity contribution < 1.29 is 13.2 Å². The molecule has 0 amide bonds. The minimum atomic E-state index is -4.58. The summed E-state index contributed by atoms with van der Waals surface area (Å²) in [7, 11) is 0. The van der Waals surface area contributed by atoms with E-state index >= 15 is 0 Å². The molecule has 0 unspecified atom stereocenters. The molecule has 0 spiro atoms. The summed E-state index contributed by atoms with van der Waals surface area (Å²) in [5.74, 6) is -0.886. The fraction of sp³-hybridized carbons (Fsp3) is 0.364. The van der Waals surface area contributed by atoms with E-state index in [0.717, 1.165) is 5.56 Å². The van der Waals surface area contributed by atoms with Gasteiger partial charge < -0.3 is 0 Å². The summed E-state index contributed by atoms with van der Waals surface area (Å²) in [6.07, 6.45) is -4.58. The van der Waals surface area contributed by atoms with Crippen molar-refractivity contribution in [2.24, 2.45) is 0 Å². The zero-order chi connectivity index (χ0) is 13.3. The first-order valence-electron chi connectivity index (χ1n) is 5.27. The Bertz CT molecular complexity index is 528. The van der Waals surface area contributed by atoms with Gasteiger partial charge in [-0.25, -0.2) is 0 Å². The van der Waals surface area contributed by atoms with Gasteiger partial charge in [0.1, 0.15) is 0 Å². The molecule has 0 saturated heterocycles. The molecule has 1 aromatic heterocycles. The third-order valence-electron chi connectivity index (χ3n) is 2.41. The van der Waals surface area contributed by atoms with Crippen molar-refractivity contribution in [3.05, 3.63) is 35.7 Å². The van der Waals surface area contributed by atoms with Crippen LogP contribution in [0.15, 0.2) is 18.2 Å². The average Bonchev–Trinajstić information content (AvgIpc) is 2.77. The van der Waals surface area contributed by atoms with Crippen LogP contribution in [0.2, 0.25) is 0 Å². The number of hydrogen-bond donors (Lipinski definition) is 0. The van der Waals surface area contributed by atoms with Crippen LogP contribution in [-0.2, 0) is 6.18 Å². The van der Waals surface area contributed by atoms with Crippen molar-refractivity contribution in [3.63, 3.8) is 0 Å². The second-order valence-corrected chi connectivity index (χ2v) is 4.07. The van der Waals surface area contributed by atoms with Gasteiger partial charge in [0, 0.05) is 0 Å². The normalized spacial score (nSPS) is 12.1. The van der Waals surface area contributed by atoms with Crippen LogP contribution in [0.4, 0.5) is 13.2 Å². The molecule has 0 bridgehead atoms. The van der Waals surface area contributed by atoms with Gasteiger partial charge in [0.05, 0.1) is 5.69 Å². The number of alkyl halides is 3. The fourth-order valence-corrected chi connectivity index (χ4v) is 1.46. The molecule has 0 N–H and O–H groups in total. The monoisotopic (exact) mass is 255 g/mol. The number of aromatic nitrogens is 4. The minimum absolute atomic E-state index is 0.233. The molecule has 95 valence electrons. The maximum absolute atomic E-state index is 12.6. The smallest absolute Gasteiger partial charge is 0.189 e. The van der Waals surface area contributed by atoms with Crippen LogP contribution < -0.4 is 0 Å². The van der Waals surface area contributed by atoms with Crippen molar-refractivity contribution in [1.82, 2.24) is 20.2 Å². The predicted molar refractivity (Wildman–Crippen MR) is 57.1 cm³/mol. The average molecular weight is 255 g/mol. The van der Waals surface area contributed by atoms with Gasteiger partial charge in [-0.05, 0) is 40.1 Å². The first kappa shape index (κ1) is 12.5. The minimum Gasteiger partial charge on any atom is -0.189 e. The molecule has 0 aliphatic carbocycles. The quantitative estimate of drug-likeness (QED) is 0.828. The van der Waals surface area contributed by atoms with E-state index in [9.17, 15) is 13.2 Å². The van der Waals surface area contributed by atoms with E-state index in [0.29, 0.717) is 4.68 Å². The van der Waals surface area contributed by atoms with Gasteiger partial charge in [-0.2, -0.15) is 17.9 Å². The molecule has 0 aliphatic rings. The number of hydrogen-bond acceptors (Lipinski definition) is 3. The Labute approximate surface area is 101 Å². The summed E-state index contributed by atoms with van der Waals surface area (Å²) in [6, 6.07) is 7.61. The van der Waals surface area contributed by atoms with Gasteiger partial charge in [0.2, 0.25) is 0 Å². The first-order chi connectivity index (χ1) is 8.39. The van der Waals surface area contributed by atoms with Crippen LogP contribution in [0.1, 0.15) is 31.2 Å². The summed E-state index contributed by atoms with van der Waals surface area (Å²) >= 11 is 0. The zero-order valence-corrected chi connectivity index (χ0v) is 9.73. The van der Waals surface area contributed by atoms with Gasteiger partial charge in [0.15, 0.2) is 0 Å². The first-order valence-corrected chi connectivity index (χ1v) is 5.27. The molecule has 4 nitrogen and oxygen atoms in total. The summed E-state index contributed by atoms with van der Waals surface area (Å²) in [5.41, 5.74) is 1.15. The van der Waals surface area contributed by atoms with Crippen molar-refractivity contribution in [1.29, 1.82) is 0 Å². The van der Waals surface area contributed by atoms with Gasteiger partial charge in [0.25, 0.3) is 5.82 Å². The lowest BCUT2D eigenvalue weighted by Gasteiger charge is -2.08. The summed E-state index contributed by atoms with van der Waals surface area (Å²) in [4.78, 5) is 0. The van der Waals surface area contributed by atoms with Crippen molar-refractivity contribution in [2.45, 2.75) is 25.9 Å². The lowest BCUT2D eigenvalue weighted by Crippen LogP contribution is -2.14. The Morgan fingerprint density at radius 2 is 2.00 bits per heavy atom. The third-order valence-corrected chi connectivity index (χ3v) is 2.41. The van der Waals surface area contributed by atoms with Crippen LogP contribution in [0.5, 0.6) is 0 Å². The van der Waals surface area contributed by atoms with Gasteiger partial charge in [-0.3, -0.25) is 0 Å². The molecule has 0 saturated carbocycles. The van der Waals surface area contributed by atoms with Crippen LogP contribution in [0.25, 0.3) is 5.69 Å². The van der Waals surface area contributed by atoms with E-state index in [2.05, 4.69) is 21.6 Å². The zero-order valence-electron chi connectivity index (χ0n) is 9.73. The Morgan fingerprint density at radius 3 is 2.50 bits per heavy atom. The van der Waals surface area contributed by atoms with Gasteiger partial charge >= 0.3 is 6.18 Å². The van der Waals surface area contributed by atoms with Crippen LogP contribution >= 0.6 is 0 Å². The fourth-order valence-electron chi connectivity index (χ4n) is 1.46. The van der Waals surface area contributed by atoms with Crippen molar-refractivity contribution in [3.8, 4) is 5.69 Å². The topological polar surface area (TPSA) is 43.6 Å². The molecule has 2 rings (SSSR count). The number of halogens is 3. The number of nitrogens with zero attached hydrogens (tertiary/aromatic N) is 4. The maximum atomic E-state index is 12.6. The van der Waals surface area contributed by atoms with Crippen LogP contribution in [0.3, 0.4) is 0 Å². The third kappa shape index (κ3) is 2.34. The molecular formula is C11H10F3N4. The van der Waals surface area contributed by atoms with Crippen LogP contribution in [-0.4, -0.2) is 20.2 Å². The van der Waals surface area contributed by atoms with Gasteiger partial charge in [-0.1, -0.05) is 19.9 Å². The highest BCUT2D eigenvalue weighted by atomic mass is 19.4. The van der Waals surface area contributed by atoms with Crippen LogP contribution in [0, 0.1) is 6.07 Å².